The molecule has 1 aliphatic heterocycles. The number of aromatic nitrogens is 2. The van der Waals surface area contributed by atoms with Crippen molar-refractivity contribution in [1.29, 1.82) is 0 Å². The predicted molar refractivity (Wildman–Crippen MR) is 109 cm³/mol. The number of nitrogens with zero attached hydrogens (tertiary/aromatic N) is 2. The van der Waals surface area contributed by atoms with Gasteiger partial charge in [0.15, 0.2) is 0 Å². The summed E-state index contributed by atoms with van der Waals surface area (Å²) in [7, 11) is 0. The molecule has 0 unspecified atom stereocenters. The molecule has 1 N–H and O–H groups in total. The number of hydrogen-bond donors (Lipinski definition) is 1. The molecule has 0 saturated heterocycles. The fourth-order valence-electron chi connectivity index (χ4n) is 3.39. The number of fused-ring (bicyclic) bond motifs is 1. The highest BCUT2D eigenvalue weighted by atomic mass is 35.5. The van der Waals surface area contributed by atoms with Crippen molar-refractivity contribution >= 4 is 39.4 Å². The summed E-state index contributed by atoms with van der Waals surface area (Å²) >= 11 is 7.93. The highest BCUT2D eigenvalue weighted by Crippen LogP contribution is 2.24. The smallest absolute Gasteiger partial charge is 0.258 e. The highest BCUT2D eigenvalue weighted by Gasteiger charge is 2.13. The maximum Gasteiger partial charge on any atom is 0.258 e. The Bertz CT molecular complexity index is 994. The first kappa shape index (κ1) is 17.5. The predicted octanol–water partition coefficient (Wildman–Crippen LogP) is 4.36. The molecule has 3 aromatic rings. The van der Waals surface area contributed by atoms with E-state index >= 15 is 0 Å². The van der Waals surface area contributed by atoms with Gasteiger partial charge in [0.05, 0.1) is 15.9 Å². The first-order chi connectivity index (χ1) is 12.7. The van der Waals surface area contributed by atoms with E-state index in [9.17, 15) is 4.79 Å². The topological polar surface area (TPSA) is 49.0 Å². The van der Waals surface area contributed by atoms with Gasteiger partial charge in [-0.2, -0.15) is 11.3 Å². The van der Waals surface area contributed by atoms with Crippen LogP contribution in [0.15, 0.2) is 45.9 Å². The van der Waals surface area contributed by atoms with Crippen molar-refractivity contribution in [1.82, 2.24) is 14.9 Å². The van der Waals surface area contributed by atoms with Crippen molar-refractivity contribution < 1.29 is 0 Å². The number of para-hydroxylation sites is 1. The molecule has 2 aromatic heterocycles. The number of nitrogens with one attached hydrogen (secondary N) is 1. The van der Waals surface area contributed by atoms with Gasteiger partial charge in [-0.25, -0.2) is 4.98 Å². The molecule has 4 rings (SSSR count). The summed E-state index contributed by atoms with van der Waals surface area (Å²) in [6.45, 7) is 3.06. The van der Waals surface area contributed by atoms with Crippen molar-refractivity contribution in [3.05, 3.63) is 67.9 Å². The van der Waals surface area contributed by atoms with Gasteiger partial charge < -0.3 is 4.98 Å². The summed E-state index contributed by atoms with van der Waals surface area (Å²) in [4.78, 5) is 22.1. The van der Waals surface area contributed by atoms with E-state index in [1.807, 2.05) is 0 Å². The van der Waals surface area contributed by atoms with Gasteiger partial charge >= 0.3 is 0 Å². The molecule has 1 aliphatic rings. The minimum absolute atomic E-state index is 0.117. The Balaban J connectivity index is 1.36. The maximum atomic E-state index is 12.2. The van der Waals surface area contributed by atoms with Crippen LogP contribution in [0.5, 0.6) is 0 Å². The zero-order valence-electron chi connectivity index (χ0n) is 14.4. The van der Waals surface area contributed by atoms with E-state index in [-0.39, 0.29) is 5.56 Å². The van der Waals surface area contributed by atoms with Gasteiger partial charge in [0.2, 0.25) is 0 Å². The second-order valence-electron chi connectivity index (χ2n) is 6.54. The number of aromatic amines is 1. The molecule has 0 fully saturated rings. The quantitative estimate of drug-likeness (QED) is 0.709. The Hall–Kier alpha value is -1.95. The van der Waals surface area contributed by atoms with E-state index in [1.165, 1.54) is 11.1 Å². The Kier molecular flexibility index (Phi) is 5.20. The van der Waals surface area contributed by atoms with Gasteiger partial charge in [-0.1, -0.05) is 23.7 Å². The van der Waals surface area contributed by atoms with Crippen molar-refractivity contribution in [3.63, 3.8) is 0 Å². The Morgan fingerprint density at radius 1 is 1.31 bits per heavy atom. The van der Waals surface area contributed by atoms with E-state index in [2.05, 4.69) is 37.8 Å². The highest BCUT2D eigenvalue weighted by molar-refractivity contribution is 7.08. The molecule has 134 valence electrons. The molecule has 1 aromatic carbocycles. The molecule has 0 bridgehead atoms. The number of halogens is 1. The monoisotopic (exact) mass is 385 g/mol. The lowest BCUT2D eigenvalue weighted by Crippen LogP contribution is -2.29. The summed E-state index contributed by atoms with van der Waals surface area (Å²) in [5, 5.41) is 5.42. The lowest BCUT2D eigenvalue weighted by molar-refractivity contribution is 0.297. The van der Waals surface area contributed by atoms with E-state index < -0.39 is 0 Å². The summed E-state index contributed by atoms with van der Waals surface area (Å²) in [5.41, 5.74) is 3.30. The van der Waals surface area contributed by atoms with Crippen molar-refractivity contribution in [3.8, 4) is 0 Å². The van der Waals surface area contributed by atoms with E-state index in [0.29, 0.717) is 21.7 Å². The molecule has 0 atom stereocenters. The van der Waals surface area contributed by atoms with Crippen LogP contribution in [-0.2, 0) is 6.42 Å². The molecule has 0 spiro atoms. The molecule has 26 heavy (non-hydrogen) atoms. The minimum atomic E-state index is -0.117. The van der Waals surface area contributed by atoms with Crippen LogP contribution in [0.4, 0.5) is 0 Å². The average molecular weight is 386 g/mol. The lowest BCUT2D eigenvalue weighted by atomic mass is 10.0. The van der Waals surface area contributed by atoms with Crippen LogP contribution >= 0.6 is 22.9 Å². The molecular formula is C20H20ClN3OS. The first-order valence-corrected chi connectivity index (χ1v) is 10.1. The van der Waals surface area contributed by atoms with Crippen LogP contribution in [-0.4, -0.2) is 34.5 Å². The van der Waals surface area contributed by atoms with Crippen LogP contribution in [0.25, 0.3) is 16.5 Å². The van der Waals surface area contributed by atoms with Gasteiger partial charge in [0, 0.05) is 19.5 Å². The third kappa shape index (κ3) is 3.75. The molecular weight excluding hydrogens is 366 g/mol. The number of H-pyrrole nitrogens is 1. The second-order valence-corrected chi connectivity index (χ2v) is 7.73. The third-order valence-electron chi connectivity index (χ3n) is 4.81. The lowest BCUT2D eigenvalue weighted by Gasteiger charge is -2.26. The number of hydrogen-bond acceptors (Lipinski definition) is 4. The summed E-state index contributed by atoms with van der Waals surface area (Å²) < 4.78 is 0. The molecule has 0 saturated carbocycles. The third-order valence-corrected chi connectivity index (χ3v) is 5.80. The zero-order chi connectivity index (χ0) is 17.9. The maximum absolute atomic E-state index is 12.2. The van der Waals surface area contributed by atoms with Crippen molar-refractivity contribution in [2.75, 3.05) is 19.6 Å². The molecule has 3 heterocycles. The average Bonchev–Trinajstić information content (AvgIpc) is 3.18. The summed E-state index contributed by atoms with van der Waals surface area (Å²) in [6, 6.07) is 7.49. The fourth-order valence-corrected chi connectivity index (χ4v) is 4.28. The zero-order valence-corrected chi connectivity index (χ0v) is 15.9. The number of rotatable bonds is 5. The Morgan fingerprint density at radius 2 is 2.23 bits per heavy atom. The number of thiophene rings is 1. The number of aryl methyl sites for hydroxylation is 1. The molecule has 0 amide bonds. The van der Waals surface area contributed by atoms with E-state index in [0.717, 1.165) is 38.9 Å². The van der Waals surface area contributed by atoms with Gasteiger partial charge in [-0.3, -0.25) is 9.69 Å². The molecule has 0 radical (unpaired) electrons. The SMILES string of the molecule is O=c1[nH]c(CCCN2CC=C(c3ccsc3)CC2)nc2c(Cl)cccc12. The van der Waals surface area contributed by atoms with Crippen LogP contribution in [0.2, 0.25) is 5.02 Å². The van der Waals surface area contributed by atoms with Crippen LogP contribution < -0.4 is 5.56 Å². The van der Waals surface area contributed by atoms with E-state index in [4.69, 9.17) is 11.6 Å². The standard InChI is InChI=1S/C20H20ClN3OS/c21-17-4-1-3-16-19(17)22-18(23-20(16)25)5-2-9-24-10-6-14(7-11-24)15-8-12-26-13-15/h1,3-4,6,8,12-13H,2,5,7,9-11H2,(H,22,23,25). The van der Waals surface area contributed by atoms with Crippen molar-refractivity contribution in [2.45, 2.75) is 19.3 Å². The van der Waals surface area contributed by atoms with Crippen LogP contribution in [0.3, 0.4) is 0 Å². The van der Waals surface area contributed by atoms with Crippen LogP contribution in [0.1, 0.15) is 24.2 Å². The van der Waals surface area contributed by atoms with Gasteiger partial charge in [0.1, 0.15) is 5.82 Å². The van der Waals surface area contributed by atoms with E-state index in [1.54, 1.807) is 29.5 Å². The summed E-state index contributed by atoms with van der Waals surface area (Å²) in [6.07, 6.45) is 5.13. The van der Waals surface area contributed by atoms with Gasteiger partial charge in [0.25, 0.3) is 5.56 Å². The Labute approximate surface area is 161 Å². The second kappa shape index (κ2) is 7.74. The minimum Gasteiger partial charge on any atom is -0.310 e. The van der Waals surface area contributed by atoms with Crippen molar-refractivity contribution in [2.24, 2.45) is 0 Å². The number of benzene rings is 1. The van der Waals surface area contributed by atoms with Gasteiger partial charge in [-0.05, 0) is 59.5 Å². The summed E-state index contributed by atoms with van der Waals surface area (Å²) in [5.74, 6) is 0.710. The van der Waals surface area contributed by atoms with Gasteiger partial charge in [-0.15, -0.1) is 0 Å². The largest absolute Gasteiger partial charge is 0.310 e. The first-order valence-electron chi connectivity index (χ1n) is 8.82. The molecule has 4 nitrogen and oxygen atoms in total. The fraction of sp³-hybridized carbons (Fsp3) is 0.300. The Morgan fingerprint density at radius 3 is 3.00 bits per heavy atom. The molecule has 6 heteroatoms. The van der Waals surface area contributed by atoms with Crippen LogP contribution in [0, 0.1) is 0 Å². The normalized spacial score (nSPS) is 15.3. The molecule has 0 aliphatic carbocycles.